The predicted molar refractivity (Wildman–Crippen MR) is 127 cm³/mol. The number of hydrogen-bond acceptors (Lipinski definition) is 7. The topological polar surface area (TPSA) is 91.8 Å². The molecule has 2 aromatic heterocycles. The number of halogens is 3. The Hall–Kier alpha value is -3.99. The third kappa shape index (κ3) is 5.31. The number of hydrogen-bond donors (Lipinski definition) is 3. The molecule has 0 atom stereocenters. The molecule has 3 N–H and O–H groups in total. The summed E-state index contributed by atoms with van der Waals surface area (Å²) in [5, 5.41) is 9.07. The molecule has 0 radical (unpaired) electrons. The number of rotatable bonds is 6. The first-order chi connectivity index (χ1) is 16.2. The van der Waals surface area contributed by atoms with Crippen LogP contribution in [0.3, 0.4) is 0 Å². The summed E-state index contributed by atoms with van der Waals surface area (Å²) in [6.45, 7) is 1.75. The molecule has 0 saturated carbocycles. The van der Waals surface area contributed by atoms with Crippen molar-refractivity contribution in [1.82, 2.24) is 15.0 Å². The van der Waals surface area contributed by atoms with Gasteiger partial charge in [-0.1, -0.05) is 12.1 Å². The Morgan fingerprint density at radius 3 is 2.44 bits per heavy atom. The van der Waals surface area contributed by atoms with Crippen molar-refractivity contribution < 1.29 is 18.0 Å². The quantitative estimate of drug-likeness (QED) is 0.313. The number of thiazole rings is 1. The molecular weight excluding hydrogens is 465 g/mol. The van der Waals surface area contributed by atoms with Crippen LogP contribution in [0.2, 0.25) is 0 Å². The van der Waals surface area contributed by atoms with Crippen LogP contribution in [0.1, 0.15) is 20.8 Å². The Balaban J connectivity index is 1.46. The van der Waals surface area contributed by atoms with Crippen molar-refractivity contribution in [3.8, 4) is 11.3 Å². The zero-order chi connectivity index (χ0) is 24.3. The van der Waals surface area contributed by atoms with Gasteiger partial charge < -0.3 is 10.6 Å². The van der Waals surface area contributed by atoms with E-state index in [1.807, 2.05) is 0 Å². The van der Waals surface area contributed by atoms with Crippen LogP contribution >= 0.6 is 11.3 Å². The van der Waals surface area contributed by atoms with Gasteiger partial charge in [0.25, 0.3) is 5.91 Å². The number of aryl methyl sites for hydroxylation is 1. The Morgan fingerprint density at radius 2 is 1.74 bits per heavy atom. The first-order valence-corrected chi connectivity index (χ1v) is 10.9. The van der Waals surface area contributed by atoms with E-state index in [1.54, 1.807) is 50.4 Å². The zero-order valence-electron chi connectivity index (χ0n) is 18.1. The van der Waals surface area contributed by atoms with E-state index < -0.39 is 11.7 Å². The van der Waals surface area contributed by atoms with Crippen LogP contribution in [0.4, 0.5) is 35.6 Å². The molecule has 2 aromatic carbocycles. The van der Waals surface area contributed by atoms with Gasteiger partial charge in [-0.2, -0.15) is 13.2 Å². The van der Waals surface area contributed by atoms with Gasteiger partial charge in [-0.3, -0.25) is 10.1 Å². The number of amides is 1. The van der Waals surface area contributed by atoms with E-state index in [-0.39, 0.29) is 5.91 Å². The number of benzene rings is 2. The lowest BCUT2D eigenvalue weighted by atomic mass is 10.1. The molecule has 11 heteroatoms. The molecule has 0 spiro atoms. The second-order valence-electron chi connectivity index (χ2n) is 7.20. The van der Waals surface area contributed by atoms with Crippen LogP contribution in [0.25, 0.3) is 11.3 Å². The number of nitrogens with zero attached hydrogens (tertiary/aromatic N) is 3. The highest BCUT2D eigenvalue weighted by Crippen LogP contribution is 2.35. The lowest BCUT2D eigenvalue weighted by Crippen LogP contribution is -2.11. The molecule has 0 fully saturated rings. The largest absolute Gasteiger partial charge is 0.416 e. The Kier molecular flexibility index (Phi) is 6.46. The summed E-state index contributed by atoms with van der Waals surface area (Å²) in [4.78, 5) is 25.9. The van der Waals surface area contributed by atoms with Crippen molar-refractivity contribution in [2.75, 3.05) is 23.0 Å². The number of anilines is 4. The normalized spacial score (nSPS) is 11.2. The number of aromatic nitrogens is 3. The van der Waals surface area contributed by atoms with Crippen molar-refractivity contribution >= 4 is 39.7 Å². The fourth-order valence-electron chi connectivity index (χ4n) is 3.15. The van der Waals surface area contributed by atoms with E-state index in [0.29, 0.717) is 38.5 Å². The van der Waals surface area contributed by atoms with Crippen molar-refractivity contribution in [2.45, 2.75) is 13.1 Å². The molecule has 7 nitrogen and oxygen atoms in total. The second kappa shape index (κ2) is 9.48. The monoisotopic (exact) mass is 484 g/mol. The molecule has 0 aliphatic rings. The van der Waals surface area contributed by atoms with Crippen LogP contribution in [-0.4, -0.2) is 27.9 Å². The van der Waals surface area contributed by atoms with Crippen molar-refractivity contribution in [3.05, 3.63) is 76.9 Å². The standard InChI is InChI=1S/C23H19F3N6OS/c1-13-20(15-4-3-5-16(10-15)23(24,25)26)31-22(34-13)32-21(33)14-6-8-17(9-7-14)30-19-11-18(27-2)28-12-29-19/h3-12H,1-2H3,(H,31,32,33)(H2,27,28,29,30). The van der Waals surface area contributed by atoms with Gasteiger partial charge in [-0.05, 0) is 43.3 Å². The predicted octanol–water partition coefficient (Wildman–Crippen LogP) is 5.96. The maximum absolute atomic E-state index is 13.0. The number of alkyl halides is 3. The first kappa shape index (κ1) is 23.2. The number of carbonyl (C=O) groups is 1. The maximum atomic E-state index is 13.0. The molecule has 1 amide bonds. The third-order valence-electron chi connectivity index (χ3n) is 4.82. The van der Waals surface area contributed by atoms with Gasteiger partial charge in [-0.15, -0.1) is 11.3 Å². The highest BCUT2D eigenvalue weighted by Gasteiger charge is 2.30. The lowest BCUT2D eigenvalue weighted by molar-refractivity contribution is -0.137. The van der Waals surface area contributed by atoms with E-state index in [1.165, 1.54) is 23.7 Å². The van der Waals surface area contributed by atoms with Crippen molar-refractivity contribution in [1.29, 1.82) is 0 Å². The van der Waals surface area contributed by atoms with Gasteiger partial charge >= 0.3 is 6.18 Å². The minimum absolute atomic E-state index is 0.303. The minimum Gasteiger partial charge on any atom is -0.373 e. The fraction of sp³-hybridized carbons (Fsp3) is 0.130. The van der Waals surface area contributed by atoms with Crippen LogP contribution in [-0.2, 0) is 6.18 Å². The summed E-state index contributed by atoms with van der Waals surface area (Å²) in [6.07, 6.45) is -3.01. The molecule has 34 heavy (non-hydrogen) atoms. The summed E-state index contributed by atoms with van der Waals surface area (Å²) in [7, 11) is 1.76. The highest BCUT2D eigenvalue weighted by molar-refractivity contribution is 7.16. The third-order valence-corrected chi connectivity index (χ3v) is 5.71. The van der Waals surface area contributed by atoms with Crippen molar-refractivity contribution in [2.24, 2.45) is 0 Å². The Morgan fingerprint density at radius 1 is 1.00 bits per heavy atom. The van der Waals surface area contributed by atoms with Crippen LogP contribution in [0.15, 0.2) is 60.9 Å². The highest BCUT2D eigenvalue weighted by atomic mass is 32.1. The van der Waals surface area contributed by atoms with E-state index in [2.05, 4.69) is 30.9 Å². The van der Waals surface area contributed by atoms with Gasteiger partial charge in [0, 0.05) is 34.8 Å². The van der Waals surface area contributed by atoms with Gasteiger partial charge in [0.1, 0.15) is 18.0 Å². The minimum atomic E-state index is -4.44. The fourth-order valence-corrected chi connectivity index (χ4v) is 3.98. The van der Waals surface area contributed by atoms with Crippen molar-refractivity contribution in [3.63, 3.8) is 0 Å². The summed E-state index contributed by atoms with van der Waals surface area (Å²) >= 11 is 1.20. The lowest BCUT2D eigenvalue weighted by Gasteiger charge is -2.08. The summed E-state index contributed by atoms with van der Waals surface area (Å²) in [5.41, 5.74) is 1.12. The van der Waals surface area contributed by atoms with E-state index >= 15 is 0 Å². The SMILES string of the molecule is CNc1cc(Nc2ccc(C(=O)Nc3nc(-c4cccc(C(F)(F)F)c4)c(C)s3)cc2)ncn1. The van der Waals surface area contributed by atoms with Gasteiger partial charge in [0.2, 0.25) is 0 Å². The molecule has 0 bridgehead atoms. The molecular formula is C23H19F3N6OS. The molecule has 2 heterocycles. The molecule has 4 aromatic rings. The van der Waals surface area contributed by atoms with Gasteiger partial charge in [0.05, 0.1) is 11.3 Å². The summed E-state index contributed by atoms with van der Waals surface area (Å²) < 4.78 is 39.1. The number of nitrogens with one attached hydrogen (secondary N) is 3. The van der Waals surface area contributed by atoms with Gasteiger partial charge in [0.15, 0.2) is 5.13 Å². The van der Waals surface area contributed by atoms with E-state index in [4.69, 9.17) is 0 Å². The summed E-state index contributed by atoms with van der Waals surface area (Å²) in [5.74, 6) is 0.879. The van der Waals surface area contributed by atoms with E-state index in [0.717, 1.165) is 17.8 Å². The smallest absolute Gasteiger partial charge is 0.373 e. The number of carbonyl (C=O) groups excluding carboxylic acids is 1. The average Bonchev–Trinajstić information content (AvgIpc) is 3.19. The molecule has 174 valence electrons. The molecule has 0 aliphatic carbocycles. The molecule has 0 saturated heterocycles. The van der Waals surface area contributed by atoms with E-state index in [9.17, 15) is 18.0 Å². The summed E-state index contributed by atoms with van der Waals surface area (Å²) in [6, 6.07) is 13.5. The maximum Gasteiger partial charge on any atom is 0.416 e. The van der Waals surface area contributed by atoms with Crippen LogP contribution in [0, 0.1) is 6.92 Å². The Bertz CT molecular complexity index is 1320. The van der Waals surface area contributed by atoms with Gasteiger partial charge in [-0.25, -0.2) is 15.0 Å². The second-order valence-corrected chi connectivity index (χ2v) is 8.40. The Labute approximate surface area is 197 Å². The average molecular weight is 485 g/mol. The molecule has 0 unspecified atom stereocenters. The molecule has 4 rings (SSSR count). The van der Waals surface area contributed by atoms with Crippen LogP contribution < -0.4 is 16.0 Å². The first-order valence-electron chi connectivity index (χ1n) is 10.1. The molecule has 0 aliphatic heterocycles. The van der Waals surface area contributed by atoms with Crippen LogP contribution in [0.5, 0.6) is 0 Å². The zero-order valence-corrected chi connectivity index (χ0v) is 18.9.